The summed E-state index contributed by atoms with van der Waals surface area (Å²) < 4.78 is 5.66. The van der Waals surface area contributed by atoms with Gasteiger partial charge in [-0.15, -0.1) is 11.6 Å². The molecule has 2 nitrogen and oxygen atoms in total. The molecule has 0 aromatic heterocycles. The summed E-state index contributed by atoms with van der Waals surface area (Å²) >= 11 is 5.73. The Hall–Kier alpha value is 0.210. The fraction of sp³-hybridized carbons (Fsp3) is 1.00. The van der Waals surface area contributed by atoms with Gasteiger partial charge >= 0.3 is 0 Å². The lowest BCUT2D eigenvalue weighted by molar-refractivity contribution is 0.0152. The third-order valence-corrected chi connectivity index (χ3v) is 3.08. The Labute approximate surface area is 92.3 Å². The van der Waals surface area contributed by atoms with Crippen LogP contribution in [0.4, 0.5) is 0 Å². The molecule has 2 atom stereocenters. The first-order valence-electron chi connectivity index (χ1n) is 5.77. The highest BCUT2D eigenvalue weighted by Crippen LogP contribution is 2.12. The van der Waals surface area contributed by atoms with Gasteiger partial charge in [0.15, 0.2) is 0 Å². The SMILES string of the molecule is CCC(CCCl)NCC1CCCCO1. The van der Waals surface area contributed by atoms with E-state index in [0.29, 0.717) is 12.1 Å². The van der Waals surface area contributed by atoms with E-state index < -0.39 is 0 Å². The van der Waals surface area contributed by atoms with Crippen molar-refractivity contribution in [3.63, 3.8) is 0 Å². The summed E-state index contributed by atoms with van der Waals surface area (Å²) in [5.41, 5.74) is 0. The molecule has 1 rings (SSSR count). The third-order valence-electron chi connectivity index (χ3n) is 2.86. The van der Waals surface area contributed by atoms with Gasteiger partial charge in [-0.2, -0.15) is 0 Å². The van der Waals surface area contributed by atoms with Crippen LogP contribution in [0.3, 0.4) is 0 Å². The van der Waals surface area contributed by atoms with E-state index in [1.54, 1.807) is 0 Å². The average Bonchev–Trinajstić information content (AvgIpc) is 2.25. The van der Waals surface area contributed by atoms with E-state index in [2.05, 4.69) is 12.2 Å². The Kier molecular flexibility index (Phi) is 6.57. The van der Waals surface area contributed by atoms with Crippen molar-refractivity contribution in [3.8, 4) is 0 Å². The maximum Gasteiger partial charge on any atom is 0.0699 e. The van der Waals surface area contributed by atoms with Crippen molar-refractivity contribution in [1.82, 2.24) is 5.32 Å². The molecule has 1 aliphatic rings. The minimum absolute atomic E-state index is 0.438. The largest absolute Gasteiger partial charge is 0.377 e. The lowest BCUT2D eigenvalue weighted by Crippen LogP contribution is -2.38. The quantitative estimate of drug-likeness (QED) is 0.694. The van der Waals surface area contributed by atoms with Gasteiger partial charge < -0.3 is 10.1 Å². The highest BCUT2D eigenvalue weighted by Gasteiger charge is 2.14. The summed E-state index contributed by atoms with van der Waals surface area (Å²) in [6, 6.07) is 0.568. The molecule has 0 saturated carbocycles. The van der Waals surface area contributed by atoms with Crippen molar-refractivity contribution in [2.45, 2.75) is 51.2 Å². The van der Waals surface area contributed by atoms with Crippen molar-refractivity contribution in [2.24, 2.45) is 0 Å². The van der Waals surface area contributed by atoms with Crippen LogP contribution in [0.5, 0.6) is 0 Å². The molecule has 0 aromatic rings. The Balaban J connectivity index is 2.10. The number of hydrogen-bond acceptors (Lipinski definition) is 2. The standard InChI is InChI=1S/C11H22ClNO/c1-2-10(6-7-12)13-9-11-5-3-4-8-14-11/h10-11,13H,2-9H2,1H3. The van der Waals surface area contributed by atoms with Gasteiger partial charge in [0.25, 0.3) is 0 Å². The summed E-state index contributed by atoms with van der Waals surface area (Å²) in [5.74, 6) is 0.747. The van der Waals surface area contributed by atoms with Crippen LogP contribution in [0.15, 0.2) is 0 Å². The molecular formula is C11H22ClNO. The second-order valence-electron chi connectivity index (χ2n) is 3.98. The zero-order valence-electron chi connectivity index (χ0n) is 9.10. The lowest BCUT2D eigenvalue weighted by Gasteiger charge is -2.25. The summed E-state index contributed by atoms with van der Waals surface area (Å²) in [7, 11) is 0. The number of rotatable bonds is 6. The molecule has 0 aliphatic carbocycles. The van der Waals surface area contributed by atoms with Crippen molar-refractivity contribution in [2.75, 3.05) is 19.0 Å². The first kappa shape index (κ1) is 12.3. The molecule has 1 fully saturated rings. The van der Waals surface area contributed by atoms with Crippen LogP contribution in [0.2, 0.25) is 0 Å². The van der Waals surface area contributed by atoms with Crippen LogP contribution in [0.1, 0.15) is 39.0 Å². The molecule has 0 aromatic carbocycles. The Morgan fingerprint density at radius 1 is 1.50 bits per heavy atom. The van der Waals surface area contributed by atoms with Crippen LogP contribution >= 0.6 is 11.6 Å². The predicted molar refractivity (Wildman–Crippen MR) is 61.0 cm³/mol. The van der Waals surface area contributed by atoms with Crippen LogP contribution in [-0.2, 0) is 4.74 Å². The van der Waals surface area contributed by atoms with Gasteiger partial charge in [-0.1, -0.05) is 6.92 Å². The summed E-state index contributed by atoms with van der Waals surface area (Å²) in [6.45, 7) is 4.14. The Morgan fingerprint density at radius 3 is 2.93 bits per heavy atom. The topological polar surface area (TPSA) is 21.3 Å². The number of ether oxygens (including phenoxy) is 1. The first-order chi connectivity index (χ1) is 6.86. The molecule has 0 amide bonds. The fourth-order valence-corrected chi connectivity index (χ4v) is 2.11. The van der Waals surface area contributed by atoms with E-state index in [-0.39, 0.29) is 0 Å². The van der Waals surface area contributed by atoms with Crippen molar-refractivity contribution in [3.05, 3.63) is 0 Å². The first-order valence-corrected chi connectivity index (χ1v) is 6.31. The molecule has 1 N–H and O–H groups in total. The van der Waals surface area contributed by atoms with E-state index >= 15 is 0 Å². The number of alkyl halides is 1. The van der Waals surface area contributed by atoms with E-state index in [0.717, 1.165) is 31.9 Å². The summed E-state index contributed by atoms with van der Waals surface area (Å²) in [4.78, 5) is 0. The number of nitrogens with one attached hydrogen (secondary N) is 1. The number of halogens is 1. The van der Waals surface area contributed by atoms with E-state index in [1.807, 2.05) is 0 Å². The number of hydrogen-bond donors (Lipinski definition) is 1. The van der Waals surface area contributed by atoms with E-state index in [9.17, 15) is 0 Å². The van der Waals surface area contributed by atoms with Crippen LogP contribution < -0.4 is 5.32 Å². The molecular weight excluding hydrogens is 198 g/mol. The lowest BCUT2D eigenvalue weighted by atomic mass is 10.1. The normalized spacial score (nSPS) is 24.9. The van der Waals surface area contributed by atoms with Crippen molar-refractivity contribution >= 4 is 11.6 Å². The van der Waals surface area contributed by atoms with Gasteiger partial charge in [-0.3, -0.25) is 0 Å². The monoisotopic (exact) mass is 219 g/mol. The maximum absolute atomic E-state index is 5.73. The Morgan fingerprint density at radius 2 is 2.36 bits per heavy atom. The van der Waals surface area contributed by atoms with Gasteiger partial charge in [0.2, 0.25) is 0 Å². The molecule has 1 saturated heterocycles. The van der Waals surface area contributed by atoms with Crippen molar-refractivity contribution < 1.29 is 4.74 Å². The van der Waals surface area contributed by atoms with Crippen LogP contribution in [-0.4, -0.2) is 31.2 Å². The molecule has 2 unspecified atom stereocenters. The molecule has 3 heteroatoms. The molecule has 1 heterocycles. The zero-order valence-corrected chi connectivity index (χ0v) is 9.85. The summed E-state index contributed by atoms with van der Waals surface area (Å²) in [6.07, 6.45) is 6.41. The van der Waals surface area contributed by atoms with Gasteiger partial charge in [0.05, 0.1) is 6.10 Å². The van der Waals surface area contributed by atoms with Crippen LogP contribution in [0, 0.1) is 0 Å². The average molecular weight is 220 g/mol. The minimum atomic E-state index is 0.438. The molecule has 0 radical (unpaired) electrons. The third kappa shape index (κ3) is 4.63. The fourth-order valence-electron chi connectivity index (χ4n) is 1.85. The second-order valence-corrected chi connectivity index (χ2v) is 4.36. The smallest absolute Gasteiger partial charge is 0.0699 e. The second kappa shape index (κ2) is 7.49. The highest BCUT2D eigenvalue weighted by molar-refractivity contribution is 6.17. The predicted octanol–water partition coefficient (Wildman–Crippen LogP) is 2.55. The zero-order chi connectivity index (χ0) is 10.2. The highest BCUT2D eigenvalue weighted by atomic mass is 35.5. The molecule has 84 valence electrons. The van der Waals surface area contributed by atoms with Gasteiger partial charge in [-0.25, -0.2) is 0 Å². The molecule has 14 heavy (non-hydrogen) atoms. The van der Waals surface area contributed by atoms with Crippen LogP contribution in [0.25, 0.3) is 0 Å². The maximum atomic E-state index is 5.73. The van der Waals surface area contributed by atoms with E-state index in [1.165, 1.54) is 19.3 Å². The minimum Gasteiger partial charge on any atom is -0.377 e. The molecule has 1 aliphatic heterocycles. The molecule has 0 spiro atoms. The molecule has 0 bridgehead atoms. The van der Waals surface area contributed by atoms with Crippen molar-refractivity contribution in [1.29, 1.82) is 0 Å². The summed E-state index contributed by atoms with van der Waals surface area (Å²) in [5, 5.41) is 3.53. The van der Waals surface area contributed by atoms with Gasteiger partial charge in [0.1, 0.15) is 0 Å². The van der Waals surface area contributed by atoms with E-state index in [4.69, 9.17) is 16.3 Å². The Bertz CT molecular complexity index is 132. The van der Waals surface area contributed by atoms with Gasteiger partial charge in [0, 0.05) is 25.1 Å². The van der Waals surface area contributed by atoms with Gasteiger partial charge in [-0.05, 0) is 32.1 Å².